The van der Waals surface area contributed by atoms with Crippen LogP contribution >= 0.6 is 0 Å². The Morgan fingerprint density at radius 2 is 2.00 bits per heavy atom. The van der Waals surface area contributed by atoms with Gasteiger partial charge in [0.2, 0.25) is 0 Å². The highest BCUT2D eigenvalue weighted by Gasteiger charge is 2.17. The number of nitrogens with zero attached hydrogens (tertiary/aromatic N) is 3. The molecule has 0 aliphatic carbocycles. The number of para-hydroxylation sites is 1. The topological polar surface area (TPSA) is 59.4 Å². The molecule has 6 nitrogen and oxygen atoms in total. The second kappa shape index (κ2) is 7.39. The highest BCUT2D eigenvalue weighted by Crippen LogP contribution is 2.07. The van der Waals surface area contributed by atoms with Crippen molar-refractivity contribution < 1.29 is 9.53 Å². The third kappa shape index (κ3) is 4.18. The molecular weight excluding hydrogens is 292 g/mol. The van der Waals surface area contributed by atoms with Crippen molar-refractivity contribution in [2.24, 2.45) is 0 Å². The molecule has 0 unspecified atom stereocenters. The smallest absolute Gasteiger partial charge is 0.272 e. The maximum atomic E-state index is 12.3. The number of carbonyl (C=O) groups is 1. The molecule has 0 spiro atoms. The van der Waals surface area contributed by atoms with Crippen LogP contribution in [0.4, 0.5) is 0 Å². The monoisotopic (exact) mass is 314 g/mol. The van der Waals surface area contributed by atoms with Gasteiger partial charge in [-0.25, -0.2) is 4.68 Å². The van der Waals surface area contributed by atoms with E-state index in [1.807, 2.05) is 37.3 Å². The lowest BCUT2D eigenvalue weighted by Crippen LogP contribution is -2.46. The van der Waals surface area contributed by atoms with Gasteiger partial charge in [0.1, 0.15) is 0 Å². The molecule has 23 heavy (non-hydrogen) atoms. The van der Waals surface area contributed by atoms with E-state index in [9.17, 15) is 4.79 Å². The minimum absolute atomic E-state index is 0.0717. The molecule has 6 heteroatoms. The van der Waals surface area contributed by atoms with Crippen molar-refractivity contribution in [3.05, 3.63) is 48.3 Å². The normalized spacial score (nSPS) is 16.9. The first-order chi connectivity index (χ1) is 11.2. The van der Waals surface area contributed by atoms with E-state index in [-0.39, 0.29) is 11.9 Å². The molecule has 1 aromatic heterocycles. The summed E-state index contributed by atoms with van der Waals surface area (Å²) in [6.45, 7) is 6.21. The van der Waals surface area contributed by atoms with Gasteiger partial charge in [0.15, 0.2) is 5.69 Å². The minimum atomic E-state index is -0.138. The Morgan fingerprint density at radius 1 is 1.26 bits per heavy atom. The van der Waals surface area contributed by atoms with Crippen molar-refractivity contribution in [1.82, 2.24) is 20.0 Å². The summed E-state index contributed by atoms with van der Waals surface area (Å²) in [5.41, 5.74) is 1.37. The minimum Gasteiger partial charge on any atom is -0.379 e. The standard InChI is InChI=1S/C17H22N4O2/c1-14(13-20-9-11-23-12-10-20)18-17(22)16-7-8-21(19-16)15-5-3-2-4-6-15/h2-8,14H,9-13H2,1H3,(H,18,22)/t14-/m0/s1. The molecule has 1 fully saturated rings. The van der Waals surface area contributed by atoms with Gasteiger partial charge < -0.3 is 10.1 Å². The predicted octanol–water partition coefficient (Wildman–Crippen LogP) is 1.32. The van der Waals surface area contributed by atoms with Crippen LogP contribution in [0, 0.1) is 0 Å². The van der Waals surface area contributed by atoms with Crippen LogP contribution < -0.4 is 5.32 Å². The molecule has 0 saturated carbocycles. The molecule has 3 rings (SSSR count). The lowest BCUT2D eigenvalue weighted by atomic mass is 10.2. The van der Waals surface area contributed by atoms with Gasteiger partial charge >= 0.3 is 0 Å². The summed E-state index contributed by atoms with van der Waals surface area (Å²) in [5, 5.41) is 7.36. The fourth-order valence-corrected chi connectivity index (χ4v) is 2.68. The van der Waals surface area contributed by atoms with Crippen molar-refractivity contribution in [2.45, 2.75) is 13.0 Å². The van der Waals surface area contributed by atoms with Crippen LogP contribution in [0.2, 0.25) is 0 Å². The van der Waals surface area contributed by atoms with Crippen LogP contribution in [0.1, 0.15) is 17.4 Å². The SMILES string of the molecule is C[C@@H](CN1CCOCC1)NC(=O)c1ccn(-c2ccccc2)n1. The Bertz CT molecular complexity index is 635. The van der Waals surface area contributed by atoms with Gasteiger partial charge in [0.25, 0.3) is 5.91 Å². The van der Waals surface area contributed by atoms with Gasteiger partial charge in [-0.1, -0.05) is 18.2 Å². The van der Waals surface area contributed by atoms with Gasteiger partial charge in [-0.3, -0.25) is 9.69 Å². The first-order valence-corrected chi connectivity index (χ1v) is 7.94. The number of rotatable bonds is 5. The Morgan fingerprint density at radius 3 is 2.74 bits per heavy atom. The molecule has 2 aromatic rings. The zero-order valence-electron chi connectivity index (χ0n) is 13.3. The van der Waals surface area contributed by atoms with Crippen molar-refractivity contribution >= 4 is 5.91 Å². The van der Waals surface area contributed by atoms with Gasteiger partial charge in [0.05, 0.1) is 18.9 Å². The quantitative estimate of drug-likeness (QED) is 0.904. The number of hydrogen-bond donors (Lipinski definition) is 1. The average molecular weight is 314 g/mol. The number of hydrogen-bond acceptors (Lipinski definition) is 4. The van der Waals surface area contributed by atoms with Gasteiger partial charge in [-0.2, -0.15) is 5.10 Å². The van der Waals surface area contributed by atoms with Gasteiger partial charge in [-0.05, 0) is 25.1 Å². The van der Waals surface area contributed by atoms with E-state index in [2.05, 4.69) is 15.3 Å². The Kier molecular flexibility index (Phi) is 5.05. The Labute approximate surface area is 136 Å². The number of carbonyl (C=O) groups excluding carboxylic acids is 1. The van der Waals surface area contributed by atoms with Crippen molar-refractivity contribution in [1.29, 1.82) is 0 Å². The molecule has 1 N–H and O–H groups in total. The number of nitrogens with one attached hydrogen (secondary N) is 1. The molecular formula is C17H22N4O2. The summed E-state index contributed by atoms with van der Waals surface area (Å²) in [4.78, 5) is 14.6. The third-order valence-electron chi connectivity index (χ3n) is 3.86. The van der Waals surface area contributed by atoms with Crippen LogP contribution in [0.3, 0.4) is 0 Å². The zero-order valence-corrected chi connectivity index (χ0v) is 13.3. The zero-order chi connectivity index (χ0) is 16.1. The maximum Gasteiger partial charge on any atom is 0.272 e. The largest absolute Gasteiger partial charge is 0.379 e. The number of morpholine rings is 1. The van der Waals surface area contributed by atoms with E-state index < -0.39 is 0 Å². The van der Waals surface area contributed by atoms with Crippen molar-refractivity contribution in [3.63, 3.8) is 0 Å². The average Bonchev–Trinajstić information content (AvgIpc) is 3.06. The molecule has 1 aliphatic rings. The van der Waals surface area contributed by atoms with Crippen LogP contribution in [-0.2, 0) is 4.74 Å². The first kappa shape index (κ1) is 15.7. The number of aromatic nitrogens is 2. The molecule has 1 aliphatic heterocycles. The van der Waals surface area contributed by atoms with Crippen molar-refractivity contribution in [3.8, 4) is 5.69 Å². The fraction of sp³-hybridized carbons (Fsp3) is 0.412. The molecule has 1 saturated heterocycles. The number of amides is 1. The molecule has 2 heterocycles. The van der Waals surface area contributed by atoms with Crippen molar-refractivity contribution in [2.75, 3.05) is 32.8 Å². The van der Waals surface area contributed by atoms with Crippen LogP contribution in [0.25, 0.3) is 5.69 Å². The van der Waals surface area contributed by atoms with E-state index >= 15 is 0 Å². The molecule has 122 valence electrons. The molecule has 1 amide bonds. The van der Waals surface area contributed by atoms with Crippen LogP contribution in [0.15, 0.2) is 42.6 Å². The second-order valence-electron chi connectivity index (χ2n) is 5.77. The molecule has 0 radical (unpaired) electrons. The summed E-state index contributed by atoms with van der Waals surface area (Å²) in [7, 11) is 0. The third-order valence-corrected chi connectivity index (χ3v) is 3.86. The van der Waals surface area contributed by atoms with Gasteiger partial charge in [0, 0.05) is 31.9 Å². The molecule has 1 atom stereocenters. The number of benzene rings is 1. The summed E-state index contributed by atoms with van der Waals surface area (Å²) in [6.07, 6.45) is 1.80. The Hall–Kier alpha value is -2.18. The summed E-state index contributed by atoms with van der Waals surface area (Å²) in [6, 6.07) is 11.6. The van der Waals surface area contributed by atoms with E-state index in [4.69, 9.17) is 4.74 Å². The maximum absolute atomic E-state index is 12.3. The summed E-state index contributed by atoms with van der Waals surface area (Å²) >= 11 is 0. The highest BCUT2D eigenvalue weighted by molar-refractivity contribution is 5.92. The first-order valence-electron chi connectivity index (χ1n) is 7.94. The Balaban J connectivity index is 1.56. The highest BCUT2D eigenvalue weighted by atomic mass is 16.5. The predicted molar refractivity (Wildman–Crippen MR) is 87.8 cm³/mol. The number of ether oxygens (including phenoxy) is 1. The molecule has 0 bridgehead atoms. The summed E-state index contributed by atoms with van der Waals surface area (Å²) < 4.78 is 7.04. The molecule has 1 aromatic carbocycles. The van der Waals surface area contributed by atoms with E-state index in [0.29, 0.717) is 5.69 Å². The second-order valence-corrected chi connectivity index (χ2v) is 5.77. The van der Waals surface area contributed by atoms with Gasteiger partial charge in [-0.15, -0.1) is 0 Å². The summed E-state index contributed by atoms with van der Waals surface area (Å²) in [5.74, 6) is -0.138. The van der Waals surface area contributed by atoms with E-state index in [0.717, 1.165) is 38.5 Å². The van der Waals surface area contributed by atoms with Crippen LogP contribution in [0.5, 0.6) is 0 Å². The fourth-order valence-electron chi connectivity index (χ4n) is 2.68. The lowest BCUT2D eigenvalue weighted by Gasteiger charge is -2.29. The van der Waals surface area contributed by atoms with E-state index in [1.54, 1.807) is 16.9 Å². The van der Waals surface area contributed by atoms with E-state index in [1.165, 1.54) is 0 Å². The van der Waals surface area contributed by atoms with Crippen LogP contribution in [-0.4, -0.2) is 59.5 Å². The lowest BCUT2D eigenvalue weighted by molar-refractivity contribution is 0.0342.